The van der Waals surface area contributed by atoms with E-state index in [1.165, 1.54) is 0 Å². The van der Waals surface area contributed by atoms with Crippen molar-refractivity contribution in [1.82, 2.24) is 10.2 Å². The van der Waals surface area contributed by atoms with Gasteiger partial charge in [-0.2, -0.15) is 0 Å². The van der Waals surface area contributed by atoms with Crippen LogP contribution in [0.1, 0.15) is 33.6 Å². The first-order valence-corrected chi connectivity index (χ1v) is 6.02. The van der Waals surface area contributed by atoms with Gasteiger partial charge < -0.3 is 15.0 Å². The largest absolute Gasteiger partial charge is 0.458 e. The Kier molecular flexibility index (Phi) is 4.51. The first kappa shape index (κ1) is 14.0. The third-order valence-corrected chi connectivity index (χ3v) is 2.58. The minimum atomic E-state index is -0.503. The molecule has 0 aromatic carbocycles. The first-order valence-electron chi connectivity index (χ1n) is 6.02. The van der Waals surface area contributed by atoms with Crippen LogP contribution in [0.3, 0.4) is 0 Å². The highest BCUT2D eigenvalue weighted by atomic mass is 16.6. The summed E-state index contributed by atoms with van der Waals surface area (Å²) < 4.78 is 5.33. The van der Waals surface area contributed by atoms with Crippen LogP contribution in [0.5, 0.6) is 0 Å². The number of hydrogen-bond acceptors (Lipinski definition) is 4. The predicted molar refractivity (Wildman–Crippen MR) is 64.5 cm³/mol. The molecule has 98 valence electrons. The van der Waals surface area contributed by atoms with E-state index in [1.54, 1.807) is 11.9 Å². The fourth-order valence-electron chi connectivity index (χ4n) is 1.93. The van der Waals surface area contributed by atoms with Gasteiger partial charge in [-0.05, 0) is 40.7 Å². The molecule has 1 saturated heterocycles. The average molecular weight is 242 g/mol. The maximum Gasteiger partial charge on any atom is 0.329 e. The quantitative estimate of drug-likeness (QED) is 0.734. The second-order valence-corrected chi connectivity index (χ2v) is 5.31. The Balaban J connectivity index is 2.63. The summed E-state index contributed by atoms with van der Waals surface area (Å²) in [5.74, 6) is -0.333. The molecule has 5 heteroatoms. The highest BCUT2D eigenvalue weighted by molar-refractivity contribution is 5.86. The summed E-state index contributed by atoms with van der Waals surface area (Å²) in [6, 6.07) is -0.407. The van der Waals surface area contributed by atoms with Gasteiger partial charge in [0.1, 0.15) is 11.6 Å². The van der Waals surface area contributed by atoms with Crippen LogP contribution in [0, 0.1) is 0 Å². The smallest absolute Gasteiger partial charge is 0.329 e. The summed E-state index contributed by atoms with van der Waals surface area (Å²) >= 11 is 0. The lowest BCUT2D eigenvalue weighted by atomic mass is 10.1. The summed E-state index contributed by atoms with van der Waals surface area (Å²) in [7, 11) is 1.72. The second kappa shape index (κ2) is 5.49. The summed E-state index contributed by atoms with van der Waals surface area (Å²) in [6.07, 6.45) is 1.56. The van der Waals surface area contributed by atoms with Crippen molar-refractivity contribution in [2.75, 3.05) is 20.1 Å². The molecule has 1 amide bonds. The van der Waals surface area contributed by atoms with E-state index in [-0.39, 0.29) is 18.4 Å². The Morgan fingerprint density at radius 1 is 1.41 bits per heavy atom. The van der Waals surface area contributed by atoms with Gasteiger partial charge in [-0.25, -0.2) is 4.79 Å². The third kappa shape index (κ3) is 4.00. The van der Waals surface area contributed by atoms with E-state index in [0.29, 0.717) is 13.0 Å². The van der Waals surface area contributed by atoms with Gasteiger partial charge in [0.05, 0.1) is 6.54 Å². The van der Waals surface area contributed by atoms with Crippen molar-refractivity contribution in [3.63, 3.8) is 0 Å². The van der Waals surface area contributed by atoms with Crippen LogP contribution in [0.4, 0.5) is 0 Å². The molecule has 1 N–H and O–H groups in total. The number of carbonyl (C=O) groups is 2. The molecule has 1 rings (SSSR count). The fourth-order valence-corrected chi connectivity index (χ4v) is 1.93. The molecule has 0 spiro atoms. The van der Waals surface area contributed by atoms with Crippen LogP contribution in [0.15, 0.2) is 0 Å². The molecule has 17 heavy (non-hydrogen) atoms. The van der Waals surface area contributed by atoms with Gasteiger partial charge in [-0.3, -0.25) is 4.79 Å². The Labute approximate surface area is 102 Å². The molecule has 1 heterocycles. The van der Waals surface area contributed by atoms with Gasteiger partial charge in [0, 0.05) is 6.54 Å². The van der Waals surface area contributed by atoms with Crippen LogP contribution in [-0.4, -0.2) is 48.6 Å². The van der Waals surface area contributed by atoms with E-state index in [0.717, 1.165) is 6.42 Å². The molecule has 0 radical (unpaired) electrons. The summed E-state index contributed by atoms with van der Waals surface area (Å²) in [5.41, 5.74) is -0.503. The van der Waals surface area contributed by atoms with Crippen LogP contribution in [0.25, 0.3) is 0 Å². The van der Waals surface area contributed by atoms with Gasteiger partial charge in [-0.15, -0.1) is 0 Å². The van der Waals surface area contributed by atoms with Crippen molar-refractivity contribution in [2.45, 2.75) is 45.3 Å². The topological polar surface area (TPSA) is 58.6 Å². The molecule has 0 aromatic rings. The van der Waals surface area contributed by atoms with Crippen molar-refractivity contribution in [2.24, 2.45) is 0 Å². The predicted octanol–water partition coefficient (Wildman–Crippen LogP) is 0.538. The molecule has 0 bridgehead atoms. The number of rotatable bonds is 3. The lowest BCUT2D eigenvalue weighted by molar-refractivity contribution is -0.163. The summed E-state index contributed by atoms with van der Waals surface area (Å²) in [5, 5.41) is 2.81. The Morgan fingerprint density at radius 2 is 2.06 bits per heavy atom. The number of likely N-dealkylation sites (N-methyl/N-ethyl adjacent to an activating group) is 1. The number of nitrogens with one attached hydrogen (secondary N) is 1. The normalized spacial score (nSPS) is 20.5. The molecule has 0 saturated carbocycles. The average Bonchev–Trinajstić information content (AvgIpc) is 2.63. The van der Waals surface area contributed by atoms with Crippen molar-refractivity contribution in [3.8, 4) is 0 Å². The monoisotopic (exact) mass is 242 g/mol. The van der Waals surface area contributed by atoms with Crippen LogP contribution in [-0.2, 0) is 14.3 Å². The van der Waals surface area contributed by atoms with E-state index >= 15 is 0 Å². The summed E-state index contributed by atoms with van der Waals surface area (Å²) in [4.78, 5) is 25.3. The second-order valence-electron chi connectivity index (χ2n) is 5.31. The van der Waals surface area contributed by atoms with Gasteiger partial charge in [0.25, 0.3) is 0 Å². The van der Waals surface area contributed by atoms with Crippen LogP contribution in [0.2, 0.25) is 0 Å². The van der Waals surface area contributed by atoms with Gasteiger partial charge in [0.15, 0.2) is 0 Å². The van der Waals surface area contributed by atoms with Gasteiger partial charge in [-0.1, -0.05) is 0 Å². The van der Waals surface area contributed by atoms with Gasteiger partial charge in [0.2, 0.25) is 5.91 Å². The number of amides is 1. The zero-order chi connectivity index (χ0) is 13.1. The standard InChI is InChI=1S/C12H22N2O3/c1-12(2,3)17-11(16)9-6-5-7-14(9)10(15)8-13-4/h9,13H,5-8H2,1-4H3/t9-/m0/s1. The fraction of sp³-hybridized carbons (Fsp3) is 0.833. The molecule has 1 aliphatic heterocycles. The molecule has 1 fully saturated rings. The van der Waals surface area contributed by atoms with Crippen molar-refractivity contribution < 1.29 is 14.3 Å². The van der Waals surface area contributed by atoms with E-state index in [2.05, 4.69) is 5.32 Å². The zero-order valence-electron chi connectivity index (χ0n) is 11.1. The van der Waals surface area contributed by atoms with Crippen molar-refractivity contribution in [3.05, 3.63) is 0 Å². The van der Waals surface area contributed by atoms with E-state index in [9.17, 15) is 9.59 Å². The van der Waals surface area contributed by atoms with Crippen molar-refractivity contribution >= 4 is 11.9 Å². The molecule has 0 unspecified atom stereocenters. The number of hydrogen-bond donors (Lipinski definition) is 1. The maximum absolute atomic E-state index is 11.9. The maximum atomic E-state index is 11.9. The number of carbonyl (C=O) groups excluding carboxylic acids is 2. The molecule has 1 aliphatic rings. The van der Waals surface area contributed by atoms with Crippen LogP contribution >= 0.6 is 0 Å². The number of likely N-dealkylation sites (tertiary alicyclic amines) is 1. The van der Waals surface area contributed by atoms with E-state index in [4.69, 9.17) is 4.74 Å². The molecule has 1 atom stereocenters. The van der Waals surface area contributed by atoms with Gasteiger partial charge >= 0.3 is 5.97 Å². The lowest BCUT2D eigenvalue weighted by Crippen LogP contribution is -2.46. The van der Waals surface area contributed by atoms with Crippen molar-refractivity contribution in [1.29, 1.82) is 0 Å². The molecule has 5 nitrogen and oxygen atoms in total. The zero-order valence-corrected chi connectivity index (χ0v) is 11.1. The molecular formula is C12H22N2O3. The summed E-state index contributed by atoms with van der Waals surface area (Å²) in [6.45, 7) is 6.41. The molecular weight excluding hydrogens is 220 g/mol. The van der Waals surface area contributed by atoms with E-state index < -0.39 is 11.6 Å². The number of ether oxygens (including phenoxy) is 1. The number of esters is 1. The lowest BCUT2D eigenvalue weighted by Gasteiger charge is -2.27. The third-order valence-electron chi connectivity index (χ3n) is 2.58. The molecule has 0 aliphatic carbocycles. The minimum Gasteiger partial charge on any atom is -0.458 e. The Hall–Kier alpha value is -1.10. The highest BCUT2D eigenvalue weighted by Crippen LogP contribution is 2.20. The van der Waals surface area contributed by atoms with Crippen LogP contribution < -0.4 is 5.32 Å². The minimum absolute atomic E-state index is 0.0409. The Morgan fingerprint density at radius 3 is 2.59 bits per heavy atom. The Bertz CT molecular complexity index is 297. The highest BCUT2D eigenvalue weighted by Gasteiger charge is 2.36. The SMILES string of the molecule is CNCC(=O)N1CCC[C@H]1C(=O)OC(C)(C)C. The molecule has 0 aromatic heterocycles. The van der Waals surface area contributed by atoms with E-state index in [1.807, 2.05) is 20.8 Å². The number of nitrogens with zero attached hydrogens (tertiary/aromatic N) is 1. The first-order chi connectivity index (χ1) is 7.85.